The van der Waals surface area contributed by atoms with Gasteiger partial charge in [-0.1, -0.05) is 24.0 Å². The van der Waals surface area contributed by atoms with E-state index in [0.717, 1.165) is 17.8 Å². The minimum atomic E-state index is -1.26. The molecule has 3 aromatic rings. The van der Waals surface area contributed by atoms with E-state index in [-0.39, 0.29) is 35.2 Å². The standard InChI is InChI=1S/C23H13NO8S2/c25-20-19(34-23(33)24(20)14-1-3-17-18(8-14)31-10-30-17)9-15-2-4-16(32-15)11-5-12(21(26)27)7-13(6-11)22(28)29/h1-9H,10H2,(H,26,27)(H,28,29)/b19-9+. The van der Waals surface area contributed by atoms with Gasteiger partial charge in [-0.3, -0.25) is 9.69 Å². The van der Waals surface area contributed by atoms with Gasteiger partial charge in [0.1, 0.15) is 11.5 Å². The average molecular weight is 495 g/mol. The van der Waals surface area contributed by atoms with Crippen LogP contribution in [0.25, 0.3) is 17.4 Å². The number of carboxylic acid groups (broad SMARTS) is 2. The van der Waals surface area contributed by atoms with Crippen LogP contribution in [0.4, 0.5) is 5.69 Å². The Labute approximate surface area is 201 Å². The van der Waals surface area contributed by atoms with Gasteiger partial charge >= 0.3 is 11.9 Å². The van der Waals surface area contributed by atoms with Crippen molar-refractivity contribution in [2.75, 3.05) is 11.7 Å². The number of benzene rings is 2. The first kappa shape index (κ1) is 21.7. The van der Waals surface area contributed by atoms with E-state index in [1.54, 1.807) is 30.3 Å². The minimum Gasteiger partial charge on any atom is -0.478 e. The lowest BCUT2D eigenvalue weighted by molar-refractivity contribution is -0.113. The molecule has 1 saturated heterocycles. The highest BCUT2D eigenvalue weighted by Crippen LogP contribution is 2.41. The van der Waals surface area contributed by atoms with Gasteiger partial charge in [0.15, 0.2) is 15.8 Å². The zero-order valence-corrected chi connectivity index (χ0v) is 18.6. The van der Waals surface area contributed by atoms with E-state index in [4.69, 9.17) is 26.1 Å². The predicted molar refractivity (Wildman–Crippen MR) is 126 cm³/mol. The van der Waals surface area contributed by atoms with Crippen molar-refractivity contribution in [2.45, 2.75) is 0 Å². The van der Waals surface area contributed by atoms with Crippen LogP contribution in [0, 0.1) is 0 Å². The van der Waals surface area contributed by atoms with Crippen LogP contribution in [0.15, 0.2) is 57.9 Å². The second kappa shape index (κ2) is 8.36. The molecule has 2 aliphatic heterocycles. The van der Waals surface area contributed by atoms with E-state index in [1.807, 2.05) is 0 Å². The molecule has 0 atom stereocenters. The number of carbonyl (C=O) groups excluding carboxylic acids is 1. The Balaban J connectivity index is 1.43. The third kappa shape index (κ3) is 3.91. The summed E-state index contributed by atoms with van der Waals surface area (Å²) in [6.07, 6.45) is 1.52. The molecule has 170 valence electrons. The number of anilines is 1. The highest BCUT2D eigenvalue weighted by Gasteiger charge is 2.34. The summed E-state index contributed by atoms with van der Waals surface area (Å²) in [4.78, 5) is 37.5. The summed E-state index contributed by atoms with van der Waals surface area (Å²) in [5, 5.41) is 18.6. The largest absolute Gasteiger partial charge is 0.478 e. The Kier molecular flexibility index (Phi) is 5.34. The molecule has 2 aromatic carbocycles. The van der Waals surface area contributed by atoms with E-state index in [1.165, 1.54) is 23.1 Å². The summed E-state index contributed by atoms with van der Waals surface area (Å²) >= 11 is 6.50. The third-order valence-electron chi connectivity index (χ3n) is 5.02. The van der Waals surface area contributed by atoms with Crippen LogP contribution in [0.2, 0.25) is 0 Å². The molecule has 3 heterocycles. The first-order valence-corrected chi connectivity index (χ1v) is 10.9. The molecule has 0 saturated carbocycles. The topological polar surface area (TPSA) is 127 Å². The molecule has 0 unspecified atom stereocenters. The second-order valence-corrected chi connectivity index (χ2v) is 8.84. The van der Waals surface area contributed by atoms with Crippen LogP contribution in [-0.4, -0.2) is 39.2 Å². The van der Waals surface area contributed by atoms with E-state index in [2.05, 4.69) is 0 Å². The number of rotatable bonds is 5. The zero-order chi connectivity index (χ0) is 24.0. The number of thioether (sulfide) groups is 1. The molecule has 0 aliphatic carbocycles. The average Bonchev–Trinajstić information content (AvgIpc) is 3.53. The van der Waals surface area contributed by atoms with Gasteiger partial charge in [-0.15, -0.1) is 0 Å². The summed E-state index contributed by atoms with van der Waals surface area (Å²) in [5.74, 6) is -1.18. The van der Waals surface area contributed by atoms with Gasteiger partial charge in [-0.05, 0) is 42.5 Å². The molecule has 11 heteroatoms. The SMILES string of the molecule is O=C(O)c1cc(C(=O)O)cc(-c2ccc(/C=C3/SC(=S)N(c4ccc5c(c4)OCO5)C3=O)o2)c1. The minimum absolute atomic E-state index is 0.112. The lowest BCUT2D eigenvalue weighted by atomic mass is 10.0. The summed E-state index contributed by atoms with van der Waals surface area (Å²) < 4.78 is 16.8. The molecular weight excluding hydrogens is 482 g/mol. The molecule has 9 nitrogen and oxygen atoms in total. The number of amides is 1. The van der Waals surface area contributed by atoms with E-state index < -0.39 is 11.9 Å². The van der Waals surface area contributed by atoms with Crippen LogP contribution >= 0.6 is 24.0 Å². The highest BCUT2D eigenvalue weighted by atomic mass is 32.2. The number of fused-ring (bicyclic) bond motifs is 1. The number of hydrogen-bond acceptors (Lipinski definition) is 8. The number of furan rings is 1. The van der Waals surface area contributed by atoms with Gasteiger partial charge in [-0.2, -0.15) is 0 Å². The van der Waals surface area contributed by atoms with Gasteiger partial charge in [0.25, 0.3) is 5.91 Å². The van der Waals surface area contributed by atoms with Gasteiger partial charge in [0.05, 0.1) is 21.7 Å². The molecule has 2 aliphatic rings. The maximum absolute atomic E-state index is 13.0. The molecule has 1 amide bonds. The number of nitrogens with zero attached hydrogens (tertiary/aromatic N) is 1. The zero-order valence-electron chi connectivity index (χ0n) is 17.0. The van der Waals surface area contributed by atoms with Crippen molar-refractivity contribution in [3.05, 3.63) is 70.3 Å². The maximum Gasteiger partial charge on any atom is 0.335 e. The van der Waals surface area contributed by atoms with Crippen molar-refractivity contribution in [2.24, 2.45) is 0 Å². The molecule has 0 radical (unpaired) electrons. The Morgan fingerprint density at radius 3 is 2.38 bits per heavy atom. The first-order valence-electron chi connectivity index (χ1n) is 9.69. The van der Waals surface area contributed by atoms with E-state index in [0.29, 0.717) is 32.2 Å². The number of carboxylic acids is 2. The molecule has 5 rings (SSSR count). The maximum atomic E-state index is 13.0. The predicted octanol–water partition coefficient (Wildman–Crippen LogP) is 4.48. The van der Waals surface area contributed by atoms with Crippen molar-refractivity contribution in [3.63, 3.8) is 0 Å². The van der Waals surface area contributed by atoms with Crippen LogP contribution < -0.4 is 14.4 Å². The van der Waals surface area contributed by atoms with Crippen molar-refractivity contribution >= 4 is 57.9 Å². The van der Waals surface area contributed by atoms with Crippen molar-refractivity contribution in [1.29, 1.82) is 0 Å². The fraction of sp³-hybridized carbons (Fsp3) is 0.0435. The first-order chi connectivity index (χ1) is 16.3. The molecule has 0 bridgehead atoms. The number of aromatic carboxylic acids is 2. The second-order valence-electron chi connectivity index (χ2n) is 7.17. The number of ether oxygens (including phenoxy) is 2. The van der Waals surface area contributed by atoms with Gasteiger partial charge in [-0.25, -0.2) is 9.59 Å². The van der Waals surface area contributed by atoms with Crippen LogP contribution in [-0.2, 0) is 4.79 Å². The Bertz CT molecular complexity index is 1390. The van der Waals surface area contributed by atoms with Gasteiger partial charge < -0.3 is 24.1 Å². The molecule has 2 N–H and O–H groups in total. The quantitative estimate of drug-likeness (QED) is 0.386. The Hall–Kier alpha value is -4.09. The lowest BCUT2D eigenvalue weighted by Crippen LogP contribution is -2.27. The molecule has 34 heavy (non-hydrogen) atoms. The fourth-order valence-electron chi connectivity index (χ4n) is 3.45. The lowest BCUT2D eigenvalue weighted by Gasteiger charge is -2.14. The highest BCUT2D eigenvalue weighted by molar-refractivity contribution is 8.27. The number of thiocarbonyl (C=S) groups is 1. The monoisotopic (exact) mass is 495 g/mol. The molecule has 1 fully saturated rings. The van der Waals surface area contributed by atoms with Crippen molar-refractivity contribution < 1.29 is 38.5 Å². The molecule has 1 aromatic heterocycles. The van der Waals surface area contributed by atoms with Crippen LogP contribution in [0.3, 0.4) is 0 Å². The summed E-state index contributed by atoms with van der Waals surface area (Å²) in [6, 6.07) is 12.0. The number of hydrogen-bond donors (Lipinski definition) is 2. The van der Waals surface area contributed by atoms with Crippen molar-refractivity contribution in [3.8, 4) is 22.8 Å². The van der Waals surface area contributed by atoms with E-state index >= 15 is 0 Å². The third-order valence-corrected chi connectivity index (χ3v) is 6.32. The Morgan fingerprint density at radius 2 is 1.68 bits per heavy atom. The number of carbonyl (C=O) groups is 3. The van der Waals surface area contributed by atoms with E-state index in [9.17, 15) is 24.6 Å². The van der Waals surface area contributed by atoms with Gasteiger partial charge in [0, 0.05) is 17.7 Å². The summed E-state index contributed by atoms with van der Waals surface area (Å²) in [7, 11) is 0. The summed E-state index contributed by atoms with van der Waals surface area (Å²) in [6.45, 7) is 0.112. The fourth-order valence-corrected chi connectivity index (χ4v) is 4.73. The normalized spacial score (nSPS) is 15.9. The Morgan fingerprint density at radius 1 is 0.971 bits per heavy atom. The van der Waals surface area contributed by atoms with Crippen molar-refractivity contribution in [1.82, 2.24) is 0 Å². The van der Waals surface area contributed by atoms with Crippen LogP contribution in [0.5, 0.6) is 11.5 Å². The molecular formula is C23H13NO8S2. The molecule has 0 spiro atoms. The summed E-state index contributed by atoms with van der Waals surface area (Å²) in [5.41, 5.74) is 0.460. The van der Waals surface area contributed by atoms with Crippen LogP contribution in [0.1, 0.15) is 26.5 Å². The van der Waals surface area contributed by atoms with Gasteiger partial charge in [0.2, 0.25) is 6.79 Å². The smallest absolute Gasteiger partial charge is 0.335 e.